The van der Waals surface area contributed by atoms with E-state index in [1.54, 1.807) is 11.6 Å². The van der Waals surface area contributed by atoms with Crippen molar-refractivity contribution in [3.05, 3.63) is 33.7 Å². The first kappa shape index (κ1) is 15.9. The summed E-state index contributed by atoms with van der Waals surface area (Å²) in [5.74, 6) is -0.00000656. The molecule has 1 amide bonds. The number of amides is 1. The lowest BCUT2D eigenvalue weighted by molar-refractivity contribution is 0.0895. The van der Waals surface area contributed by atoms with Gasteiger partial charge in [0.15, 0.2) is 4.96 Å². The number of rotatable bonds is 4. The van der Waals surface area contributed by atoms with Crippen LogP contribution in [0.4, 0.5) is 0 Å². The number of carbonyl (C=O) groups is 1. The van der Waals surface area contributed by atoms with Gasteiger partial charge in [-0.05, 0) is 25.7 Å². The maximum atomic E-state index is 12.3. The molecule has 2 aromatic rings. The summed E-state index contributed by atoms with van der Waals surface area (Å²) >= 11 is 1.35. The second-order valence-corrected chi connectivity index (χ2v) is 6.26. The van der Waals surface area contributed by atoms with Gasteiger partial charge in [-0.1, -0.05) is 0 Å². The quantitative estimate of drug-likeness (QED) is 0.877. The minimum Gasteiger partial charge on any atom is -0.345 e. The number of halogens is 1. The lowest BCUT2D eigenvalue weighted by atomic mass is 9.95. The van der Waals surface area contributed by atoms with Crippen molar-refractivity contribution in [1.29, 1.82) is 0 Å². The van der Waals surface area contributed by atoms with E-state index in [0.29, 0.717) is 17.4 Å². The van der Waals surface area contributed by atoms with Crippen molar-refractivity contribution < 1.29 is 4.79 Å². The number of hydrogen-bond donors (Lipinski definition) is 2. The zero-order valence-corrected chi connectivity index (χ0v) is 13.2. The molecule has 0 saturated heterocycles. The molecular formula is C13H17ClN4O2S. The number of hydrogen-bond acceptors (Lipinski definition) is 5. The number of fused-ring (bicyclic) bond motifs is 1. The largest absolute Gasteiger partial charge is 0.345 e. The highest BCUT2D eigenvalue weighted by Gasteiger charge is 2.41. The van der Waals surface area contributed by atoms with E-state index in [-0.39, 0.29) is 23.5 Å². The van der Waals surface area contributed by atoms with E-state index in [1.807, 2.05) is 6.92 Å². The van der Waals surface area contributed by atoms with Crippen molar-refractivity contribution in [1.82, 2.24) is 14.7 Å². The first-order chi connectivity index (χ1) is 9.55. The summed E-state index contributed by atoms with van der Waals surface area (Å²) in [6.45, 7) is 2.29. The molecule has 0 aliphatic heterocycles. The molecule has 1 fully saturated rings. The van der Waals surface area contributed by atoms with Gasteiger partial charge in [0.25, 0.3) is 11.5 Å². The normalized spacial score (nSPS) is 17.0. The lowest BCUT2D eigenvalue weighted by Crippen LogP contribution is -2.54. The van der Waals surface area contributed by atoms with Crippen LogP contribution in [0, 0.1) is 5.92 Å². The van der Waals surface area contributed by atoms with E-state index in [4.69, 9.17) is 5.73 Å². The van der Waals surface area contributed by atoms with Crippen LogP contribution in [-0.4, -0.2) is 27.4 Å². The van der Waals surface area contributed by atoms with Gasteiger partial charge in [0.05, 0.1) is 5.54 Å². The fourth-order valence-corrected chi connectivity index (χ4v) is 3.02. The third kappa shape index (κ3) is 2.81. The molecular weight excluding hydrogens is 312 g/mol. The van der Waals surface area contributed by atoms with E-state index in [0.717, 1.165) is 12.8 Å². The summed E-state index contributed by atoms with van der Waals surface area (Å²) in [5.41, 5.74) is 5.04. The van der Waals surface area contributed by atoms with Gasteiger partial charge in [-0.15, -0.1) is 23.7 Å². The zero-order valence-electron chi connectivity index (χ0n) is 11.5. The van der Waals surface area contributed by atoms with Crippen LogP contribution < -0.4 is 16.6 Å². The van der Waals surface area contributed by atoms with Crippen LogP contribution in [0.15, 0.2) is 22.6 Å². The molecule has 0 radical (unpaired) electrons. The second-order valence-electron chi connectivity index (χ2n) is 5.38. The molecule has 21 heavy (non-hydrogen) atoms. The molecule has 8 heteroatoms. The van der Waals surface area contributed by atoms with Crippen molar-refractivity contribution >= 4 is 34.6 Å². The van der Waals surface area contributed by atoms with Gasteiger partial charge >= 0.3 is 0 Å². The van der Waals surface area contributed by atoms with Crippen LogP contribution in [0.25, 0.3) is 4.96 Å². The predicted octanol–water partition coefficient (Wildman–Crippen LogP) is 1.04. The van der Waals surface area contributed by atoms with Gasteiger partial charge in [0.2, 0.25) is 0 Å². The molecule has 3 N–H and O–H groups in total. The molecule has 1 unspecified atom stereocenters. The van der Waals surface area contributed by atoms with E-state index in [1.165, 1.54) is 21.9 Å². The highest BCUT2D eigenvalue weighted by Crippen LogP contribution is 2.39. The molecule has 2 heterocycles. The maximum absolute atomic E-state index is 12.3. The van der Waals surface area contributed by atoms with Crippen molar-refractivity contribution in [3.8, 4) is 0 Å². The SMILES string of the molecule is CC(CN)(NC(=O)c1cnc2sccn2c1=O)C1CC1.Cl. The number of aromatic nitrogens is 2. The lowest BCUT2D eigenvalue weighted by Gasteiger charge is -2.29. The third-order valence-electron chi connectivity index (χ3n) is 3.89. The first-order valence-electron chi connectivity index (χ1n) is 6.52. The van der Waals surface area contributed by atoms with Gasteiger partial charge in [0.1, 0.15) is 5.56 Å². The fourth-order valence-electron chi connectivity index (χ4n) is 2.35. The standard InChI is InChI=1S/C13H16N4O2S.ClH/c1-13(7-14,8-2-3-8)16-10(18)9-6-15-12-17(11(9)19)4-5-20-12;/h4-6,8H,2-3,7,14H2,1H3,(H,16,18);1H. The predicted molar refractivity (Wildman–Crippen MR) is 84.2 cm³/mol. The van der Waals surface area contributed by atoms with Crippen LogP contribution in [0.3, 0.4) is 0 Å². The average molecular weight is 329 g/mol. The summed E-state index contributed by atoms with van der Waals surface area (Å²) < 4.78 is 1.39. The van der Waals surface area contributed by atoms with Crippen molar-refractivity contribution in [2.45, 2.75) is 25.3 Å². The molecule has 0 bridgehead atoms. The van der Waals surface area contributed by atoms with Gasteiger partial charge in [-0.25, -0.2) is 4.98 Å². The van der Waals surface area contributed by atoms with Crippen LogP contribution in [0.1, 0.15) is 30.1 Å². The summed E-state index contributed by atoms with van der Waals surface area (Å²) in [6, 6.07) is 0. The number of thiazole rings is 1. The monoisotopic (exact) mass is 328 g/mol. The summed E-state index contributed by atoms with van der Waals surface area (Å²) in [6.07, 6.45) is 5.09. The molecule has 1 saturated carbocycles. The summed E-state index contributed by atoms with van der Waals surface area (Å²) in [7, 11) is 0. The Morgan fingerprint density at radius 2 is 2.33 bits per heavy atom. The number of carbonyl (C=O) groups excluding carboxylic acids is 1. The molecule has 6 nitrogen and oxygen atoms in total. The molecule has 0 spiro atoms. The average Bonchev–Trinajstić information content (AvgIpc) is 3.18. The highest BCUT2D eigenvalue weighted by molar-refractivity contribution is 7.15. The Morgan fingerprint density at radius 1 is 1.62 bits per heavy atom. The van der Waals surface area contributed by atoms with E-state index < -0.39 is 11.4 Å². The molecule has 1 atom stereocenters. The number of nitrogens with one attached hydrogen (secondary N) is 1. The molecule has 1 aliphatic carbocycles. The van der Waals surface area contributed by atoms with Crippen LogP contribution in [-0.2, 0) is 0 Å². The number of nitrogens with zero attached hydrogens (tertiary/aromatic N) is 2. The Labute approximate surface area is 131 Å². The van der Waals surface area contributed by atoms with E-state index in [2.05, 4.69) is 10.3 Å². The Hall–Kier alpha value is -1.44. The van der Waals surface area contributed by atoms with E-state index >= 15 is 0 Å². The first-order valence-corrected chi connectivity index (χ1v) is 7.40. The summed E-state index contributed by atoms with van der Waals surface area (Å²) in [5, 5.41) is 4.67. The molecule has 3 rings (SSSR count). The minimum absolute atomic E-state index is 0. The van der Waals surface area contributed by atoms with Crippen LogP contribution in [0.5, 0.6) is 0 Å². The van der Waals surface area contributed by atoms with Crippen molar-refractivity contribution in [2.75, 3.05) is 6.54 Å². The Kier molecular flexibility index (Phi) is 4.36. The maximum Gasteiger partial charge on any atom is 0.271 e. The molecule has 0 aromatic carbocycles. The zero-order chi connectivity index (χ0) is 14.3. The van der Waals surface area contributed by atoms with Gasteiger partial charge in [0, 0.05) is 24.3 Å². The third-order valence-corrected chi connectivity index (χ3v) is 4.66. The molecule has 1 aliphatic rings. The smallest absolute Gasteiger partial charge is 0.271 e. The van der Waals surface area contributed by atoms with Crippen LogP contribution in [0.2, 0.25) is 0 Å². The minimum atomic E-state index is -0.447. The van der Waals surface area contributed by atoms with Gasteiger partial charge < -0.3 is 11.1 Å². The highest BCUT2D eigenvalue weighted by atomic mass is 35.5. The Bertz CT molecular complexity index is 724. The van der Waals surface area contributed by atoms with Gasteiger partial charge in [-0.2, -0.15) is 0 Å². The Balaban J connectivity index is 0.00000161. The van der Waals surface area contributed by atoms with Crippen molar-refractivity contribution in [3.63, 3.8) is 0 Å². The van der Waals surface area contributed by atoms with Crippen LogP contribution >= 0.6 is 23.7 Å². The van der Waals surface area contributed by atoms with Gasteiger partial charge in [-0.3, -0.25) is 14.0 Å². The second kappa shape index (κ2) is 5.75. The molecule has 114 valence electrons. The topological polar surface area (TPSA) is 89.5 Å². The van der Waals surface area contributed by atoms with Crippen molar-refractivity contribution in [2.24, 2.45) is 11.7 Å². The Morgan fingerprint density at radius 3 is 2.95 bits per heavy atom. The summed E-state index contributed by atoms with van der Waals surface area (Å²) in [4.78, 5) is 29.3. The molecule has 2 aromatic heterocycles. The fraction of sp³-hybridized carbons (Fsp3) is 0.462. The van der Waals surface area contributed by atoms with E-state index in [9.17, 15) is 9.59 Å². The number of nitrogens with two attached hydrogens (primary N) is 1.